The van der Waals surface area contributed by atoms with Crippen LogP contribution in [0.1, 0.15) is 10.5 Å². The molecule has 0 spiro atoms. The third kappa shape index (κ3) is 2.18. The SMILES string of the molecule is O=C(Nc1nc2ccccc2[nH]1)c1cc2ccccc2cn1. The molecule has 0 atom stereocenters. The molecule has 2 aromatic heterocycles. The molecule has 2 aromatic carbocycles. The smallest absolute Gasteiger partial charge is 0.276 e. The number of H-pyrrole nitrogens is 1. The summed E-state index contributed by atoms with van der Waals surface area (Å²) in [6.45, 7) is 0. The number of hydrogen-bond donors (Lipinski definition) is 2. The minimum Gasteiger partial charge on any atom is -0.324 e. The minimum atomic E-state index is -0.287. The van der Waals surface area contributed by atoms with Crippen LogP contribution in [0.5, 0.6) is 0 Å². The number of nitrogens with zero attached hydrogens (tertiary/aromatic N) is 2. The van der Waals surface area contributed by atoms with Gasteiger partial charge in [0.05, 0.1) is 11.0 Å². The number of hydrogen-bond acceptors (Lipinski definition) is 3. The van der Waals surface area contributed by atoms with Gasteiger partial charge < -0.3 is 4.98 Å². The summed E-state index contributed by atoms with van der Waals surface area (Å²) in [5.74, 6) is 0.131. The van der Waals surface area contributed by atoms with Crippen molar-refractivity contribution in [1.29, 1.82) is 0 Å². The number of aromatic nitrogens is 3. The summed E-state index contributed by atoms with van der Waals surface area (Å²) < 4.78 is 0. The Labute approximate surface area is 126 Å². The van der Waals surface area contributed by atoms with Crippen LogP contribution >= 0.6 is 0 Å². The average Bonchev–Trinajstić information content (AvgIpc) is 2.96. The Morgan fingerprint density at radius 1 is 1.00 bits per heavy atom. The summed E-state index contributed by atoms with van der Waals surface area (Å²) in [6, 6.07) is 17.2. The summed E-state index contributed by atoms with van der Waals surface area (Å²) >= 11 is 0. The van der Waals surface area contributed by atoms with Gasteiger partial charge in [0, 0.05) is 11.6 Å². The molecule has 0 aliphatic rings. The summed E-state index contributed by atoms with van der Waals surface area (Å²) in [4.78, 5) is 23.9. The van der Waals surface area contributed by atoms with Crippen molar-refractivity contribution in [3.05, 3.63) is 66.5 Å². The van der Waals surface area contributed by atoms with E-state index in [0.29, 0.717) is 11.6 Å². The minimum absolute atomic E-state index is 0.287. The number of aromatic amines is 1. The fraction of sp³-hybridized carbons (Fsp3) is 0. The molecule has 2 heterocycles. The van der Waals surface area contributed by atoms with E-state index >= 15 is 0 Å². The third-order valence-corrected chi connectivity index (χ3v) is 3.48. The summed E-state index contributed by atoms with van der Waals surface area (Å²) in [7, 11) is 0. The Morgan fingerprint density at radius 2 is 1.77 bits per heavy atom. The number of para-hydroxylation sites is 2. The number of amides is 1. The highest BCUT2D eigenvalue weighted by Gasteiger charge is 2.11. The molecular weight excluding hydrogens is 276 g/mol. The van der Waals surface area contributed by atoms with E-state index in [1.165, 1.54) is 0 Å². The van der Waals surface area contributed by atoms with Crippen molar-refractivity contribution in [2.24, 2.45) is 0 Å². The molecule has 0 radical (unpaired) electrons. The van der Waals surface area contributed by atoms with Crippen LogP contribution in [0.25, 0.3) is 21.8 Å². The van der Waals surface area contributed by atoms with Gasteiger partial charge in [0.25, 0.3) is 5.91 Å². The second-order valence-corrected chi connectivity index (χ2v) is 4.97. The third-order valence-electron chi connectivity index (χ3n) is 3.48. The van der Waals surface area contributed by atoms with Crippen molar-refractivity contribution in [3.8, 4) is 0 Å². The van der Waals surface area contributed by atoms with E-state index in [4.69, 9.17) is 0 Å². The molecule has 2 N–H and O–H groups in total. The first kappa shape index (κ1) is 12.5. The first-order chi connectivity index (χ1) is 10.8. The number of fused-ring (bicyclic) bond motifs is 2. The number of benzene rings is 2. The highest BCUT2D eigenvalue weighted by Crippen LogP contribution is 2.16. The number of rotatable bonds is 2. The van der Waals surface area contributed by atoms with Crippen molar-refractivity contribution in [2.75, 3.05) is 5.32 Å². The fourth-order valence-electron chi connectivity index (χ4n) is 2.39. The zero-order valence-electron chi connectivity index (χ0n) is 11.6. The summed E-state index contributed by atoms with van der Waals surface area (Å²) in [5, 5.41) is 4.73. The van der Waals surface area contributed by atoms with Gasteiger partial charge in [0.15, 0.2) is 0 Å². The van der Waals surface area contributed by atoms with E-state index in [1.807, 2.05) is 48.5 Å². The lowest BCUT2D eigenvalue weighted by molar-refractivity contribution is 0.102. The molecule has 4 rings (SSSR count). The zero-order valence-corrected chi connectivity index (χ0v) is 11.6. The van der Waals surface area contributed by atoms with Gasteiger partial charge in [0.1, 0.15) is 5.69 Å². The van der Waals surface area contributed by atoms with Crippen molar-refractivity contribution in [1.82, 2.24) is 15.0 Å². The van der Waals surface area contributed by atoms with Crippen molar-refractivity contribution in [2.45, 2.75) is 0 Å². The molecule has 0 saturated carbocycles. The maximum absolute atomic E-state index is 12.3. The van der Waals surface area contributed by atoms with Crippen molar-refractivity contribution < 1.29 is 4.79 Å². The molecule has 0 unspecified atom stereocenters. The molecule has 5 heteroatoms. The van der Waals surface area contributed by atoms with Gasteiger partial charge in [-0.05, 0) is 23.6 Å². The van der Waals surface area contributed by atoms with Crippen molar-refractivity contribution in [3.63, 3.8) is 0 Å². The van der Waals surface area contributed by atoms with Crippen LogP contribution in [-0.4, -0.2) is 20.9 Å². The summed E-state index contributed by atoms with van der Waals surface area (Å²) in [5.41, 5.74) is 2.05. The van der Waals surface area contributed by atoms with Gasteiger partial charge in [-0.3, -0.25) is 15.1 Å². The number of nitrogens with one attached hydrogen (secondary N) is 2. The highest BCUT2D eigenvalue weighted by molar-refractivity contribution is 6.04. The van der Waals surface area contributed by atoms with Crippen molar-refractivity contribution >= 4 is 33.7 Å². The van der Waals surface area contributed by atoms with E-state index in [-0.39, 0.29) is 5.91 Å². The number of imidazole rings is 1. The molecule has 0 aliphatic carbocycles. The lowest BCUT2D eigenvalue weighted by Crippen LogP contribution is -2.14. The first-order valence-corrected chi connectivity index (χ1v) is 6.90. The molecule has 0 saturated heterocycles. The van der Waals surface area contributed by atoms with Gasteiger partial charge >= 0.3 is 0 Å². The Bertz CT molecular complexity index is 957. The van der Waals surface area contributed by atoms with Crippen LogP contribution in [0.3, 0.4) is 0 Å². The molecule has 106 valence electrons. The van der Waals surface area contributed by atoms with E-state index in [0.717, 1.165) is 21.8 Å². The first-order valence-electron chi connectivity index (χ1n) is 6.90. The zero-order chi connectivity index (χ0) is 14.9. The van der Waals surface area contributed by atoms with Crippen LogP contribution in [0.15, 0.2) is 60.8 Å². The van der Waals surface area contributed by atoms with E-state index < -0.39 is 0 Å². The standard InChI is InChI=1S/C17H12N4O/c22-16(15-9-11-5-1-2-6-12(11)10-18-15)21-17-19-13-7-3-4-8-14(13)20-17/h1-10H,(H2,19,20,21,22). The monoisotopic (exact) mass is 288 g/mol. The molecule has 1 amide bonds. The van der Waals surface area contributed by atoms with Gasteiger partial charge in [-0.2, -0.15) is 0 Å². The van der Waals surface area contributed by atoms with E-state index in [1.54, 1.807) is 12.3 Å². The maximum Gasteiger partial charge on any atom is 0.276 e. The number of carbonyl (C=O) groups excluding carboxylic acids is 1. The largest absolute Gasteiger partial charge is 0.324 e. The number of carbonyl (C=O) groups is 1. The van der Waals surface area contributed by atoms with E-state index in [2.05, 4.69) is 20.3 Å². The predicted molar refractivity (Wildman–Crippen MR) is 85.8 cm³/mol. The van der Waals surface area contributed by atoms with Crippen LogP contribution < -0.4 is 5.32 Å². The predicted octanol–water partition coefficient (Wildman–Crippen LogP) is 3.36. The van der Waals surface area contributed by atoms with Crippen LogP contribution in [0.2, 0.25) is 0 Å². The molecule has 0 aliphatic heterocycles. The molecule has 22 heavy (non-hydrogen) atoms. The maximum atomic E-state index is 12.3. The quantitative estimate of drug-likeness (QED) is 0.594. The molecule has 4 aromatic rings. The van der Waals surface area contributed by atoms with Gasteiger partial charge in [-0.25, -0.2) is 4.98 Å². The number of anilines is 1. The lowest BCUT2D eigenvalue weighted by Gasteiger charge is -2.03. The highest BCUT2D eigenvalue weighted by atomic mass is 16.2. The van der Waals surface area contributed by atoms with Gasteiger partial charge in [-0.1, -0.05) is 36.4 Å². The van der Waals surface area contributed by atoms with Crippen LogP contribution in [0, 0.1) is 0 Å². The summed E-state index contributed by atoms with van der Waals surface area (Å²) in [6.07, 6.45) is 1.70. The lowest BCUT2D eigenvalue weighted by atomic mass is 10.1. The Balaban J connectivity index is 1.65. The molecule has 0 bridgehead atoms. The second kappa shape index (κ2) is 4.96. The number of pyridine rings is 1. The van der Waals surface area contributed by atoms with Crippen LogP contribution in [0.4, 0.5) is 5.95 Å². The Morgan fingerprint density at radius 3 is 2.64 bits per heavy atom. The van der Waals surface area contributed by atoms with Crippen LogP contribution in [-0.2, 0) is 0 Å². The fourth-order valence-corrected chi connectivity index (χ4v) is 2.39. The Kier molecular flexibility index (Phi) is 2.83. The normalized spacial score (nSPS) is 10.9. The average molecular weight is 288 g/mol. The second-order valence-electron chi connectivity index (χ2n) is 4.97. The van der Waals surface area contributed by atoms with Gasteiger partial charge in [-0.15, -0.1) is 0 Å². The Hall–Kier alpha value is -3.21. The van der Waals surface area contributed by atoms with E-state index in [9.17, 15) is 4.79 Å². The molecule has 0 fully saturated rings. The molecule has 5 nitrogen and oxygen atoms in total. The topological polar surface area (TPSA) is 70.7 Å². The molecular formula is C17H12N4O. The van der Waals surface area contributed by atoms with Gasteiger partial charge in [0.2, 0.25) is 5.95 Å².